The summed E-state index contributed by atoms with van der Waals surface area (Å²) in [6.45, 7) is 0.893. The van der Waals surface area contributed by atoms with Crippen molar-refractivity contribution in [3.8, 4) is 0 Å². The molecular formula is C16H18ClNO4. The van der Waals surface area contributed by atoms with Gasteiger partial charge < -0.3 is 14.8 Å². The first-order valence-electron chi connectivity index (χ1n) is 7.12. The Labute approximate surface area is 134 Å². The molecule has 1 heterocycles. The van der Waals surface area contributed by atoms with E-state index in [1.165, 1.54) is 6.08 Å². The van der Waals surface area contributed by atoms with Gasteiger partial charge in [-0.3, -0.25) is 4.79 Å². The molecule has 0 bridgehead atoms. The van der Waals surface area contributed by atoms with Crippen LogP contribution in [0, 0.1) is 0 Å². The molecule has 118 valence electrons. The molecule has 1 saturated heterocycles. The smallest absolute Gasteiger partial charge is 0.331 e. The number of rotatable bonds is 6. The van der Waals surface area contributed by atoms with Gasteiger partial charge in [-0.2, -0.15) is 0 Å². The maximum atomic E-state index is 11.5. The van der Waals surface area contributed by atoms with Gasteiger partial charge in [0, 0.05) is 24.3 Å². The maximum Gasteiger partial charge on any atom is 0.331 e. The van der Waals surface area contributed by atoms with Crippen molar-refractivity contribution in [2.75, 3.05) is 19.8 Å². The normalized spacial score (nSPS) is 17.6. The summed E-state index contributed by atoms with van der Waals surface area (Å²) in [4.78, 5) is 23.1. The van der Waals surface area contributed by atoms with Gasteiger partial charge in [0.25, 0.3) is 5.91 Å². The molecule has 1 aliphatic heterocycles. The molecule has 1 amide bonds. The summed E-state index contributed by atoms with van der Waals surface area (Å²) in [7, 11) is 0. The third-order valence-corrected chi connectivity index (χ3v) is 3.39. The number of ether oxygens (including phenoxy) is 2. The van der Waals surface area contributed by atoms with Gasteiger partial charge in [0.05, 0.1) is 6.10 Å². The minimum absolute atomic E-state index is 0.0716. The summed E-state index contributed by atoms with van der Waals surface area (Å²) in [5, 5.41) is 3.27. The van der Waals surface area contributed by atoms with E-state index >= 15 is 0 Å². The van der Waals surface area contributed by atoms with Crippen molar-refractivity contribution in [2.24, 2.45) is 0 Å². The van der Waals surface area contributed by atoms with Crippen molar-refractivity contribution in [3.63, 3.8) is 0 Å². The third-order valence-electron chi connectivity index (χ3n) is 3.16. The van der Waals surface area contributed by atoms with Crippen LogP contribution in [0.2, 0.25) is 5.02 Å². The first-order valence-corrected chi connectivity index (χ1v) is 7.50. The molecule has 0 radical (unpaired) electrons. The van der Waals surface area contributed by atoms with Gasteiger partial charge in [-0.25, -0.2) is 4.79 Å². The molecule has 0 saturated carbocycles. The Kier molecular flexibility index (Phi) is 6.43. The van der Waals surface area contributed by atoms with Crippen LogP contribution in [0.25, 0.3) is 6.08 Å². The van der Waals surface area contributed by atoms with Crippen molar-refractivity contribution in [3.05, 3.63) is 40.9 Å². The minimum atomic E-state index is -0.577. The van der Waals surface area contributed by atoms with E-state index in [2.05, 4.69) is 5.32 Å². The Morgan fingerprint density at radius 1 is 1.45 bits per heavy atom. The van der Waals surface area contributed by atoms with E-state index in [0.29, 0.717) is 11.6 Å². The van der Waals surface area contributed by atoms with Gasteiger partial charge in [0.15, 0.2) is 6.61 Å². The fourth-order valence-electron chi connectivity index (χ4n) is 2.04. The average molecular weight is 324 g/mol. The highest BCUT2D eigenvalue weighted by atomic mass is 35.5. The van der Waals surface area contributed by atoms with Crippen LogP contribution in [-0.2, 0) is 19.1 Å². The number of amides is 1. The number of carbonyl (C=O) groups is 2. The number of carbonyl (C=O) groups excluding carboxylic acids is 2. The number of hydrogen-bond donors (Lipinski definition) is 1. The second-order valence-electron chi connectivity index (χ2n) is 4.94. The molecule has 1 atom stereocenters. The average Bonchev–Trinajstić information content (AvgIpc) is 3.02. The highest BCUT2D eigenvalue weighted by molar-refractivity contribution is 6.30. The number of esters is 1. The Morgan fingerprint density at radius 2 is 2.32 bits per heavy atom. The second kappa shape index (κ2) is 8.56. The lowest BCUT2D eigenvalue weighted by atomic mass is 10.2. The number of hydrogen-bond acceptors (Lipinski definition) is 4. The van der Waals surface area contributed by atoms with E-state index in [1.807, 2.05) is 6.07 Å². The lowest BCUT2D eigenvalue weighted by molar-refractivity contribution is -0.143. The van der Waals surface area contributed by atoms with Gasteiger partial charge in [0.2, 0.25) is 0 Å². The van der Waals surface area contributed by atoms with Crippen LogP contribution >= 0.6 is 11.6 Å². The number of nitrogens with one attached hydrogen (secondary N) is 1. The Morgan fingerprint density at radius 3 is 3.05 bits per heavy atom. The Hall–Kier alpha value is -1.85. The summed E-state index contributed by atoms with van der Waals surface area (Å²) in [5.74, 6) is -0.910. The summed E-state index contributed by atoms with van der Waals surface area (Å²) in [6.07, 6.45) is 4.88. The molecule has 5 nitrogen and oxygen atoms in total. The zero-order valence-corrected chi connectivity index (χ0v) is 12.8. The lowest BCUT2D eigenvalue weighted by Gasteiger charge is -2.10. The van der Waals surface area contributed by atoms with Gasteiger partial charge in [-0.05, 0) is 36.6 Å². The van der Waals surface area contributed by atoms with Crippen molar-refractivity contribution in [2.45, 2.75) is 18.9 Å². The summed E-state index contributed by atoms with van der Waals surface area (Å²) in [5.41, 5.74) is 0.785. The first kappa shape index (κ1) is 16.5. The number of halogens is 1. The van der Waals surface area contributed by atoms with Crippen molar-refractivity contribution in [1.82, 2.24) is 5.32 Å². The van der Waals surface area contributed by atoms with E-state index in [0.717, 1.165) is 25.0 Å². The maximum absolute atomic E-state index is 11.5. The zero-order valence-electron chi connectivity index (χ0n) is 12.1. The zero-order chi connectivity index (χ0) is 15.8. The fraction of sp³-hybridized carbons (Fsp3) is 0.375. The molecule has 6 heteroatoms. The molecule has 0 aromatic heterocycles. The van der Waals surface area contributed by atoms with Gasteiger partial charge in [-0.15, -0.1) is 0 Å². The fourth-order valence-corrected chi connectivity index (χ4v) is 2.24. The monoisotopic (exact) mass is 323 g/mol. The summed E-state index contributed by atoms with van der Waals surface area (Å²) >= 11 is 5.84. The SMILES string of the molecule is O=C(COC(=O)/C=C/c1cccc(Cl)c1)NC[C@H]1CCCO1. The van der Waals surface area contributed by atoms with Crippen LogP contribution in [0.3, 0.4) is 0 Å². The molecule has 1 aromatic carbocycles. The predicted octanol–water partition coefficient (Wildman–Crippen LogP) is 2.19. The van der Waals surface area contributed by atoms with E-state index < -0.39 is 5.97 Å². The second-order valence-corrected chi connectivity index (χ2v) is 5.37. The van der Waals surface area contributed by atoms with Crippen LogP contribution in [0.15, 0.2) is 30.3 Å². The largest absolute Gasteiger partial charge is 0.452 e. The molecule has 1 N–H and O–H groups in total. The molecule has 22 heavy (non-hydrogen) atoms. The Balaban J connectivity index is 1.67. The predicted molar refractivity (Wildman–Crippen MR) is 83.4 cm³/mol. The summed E-state index contributed by atoms with van der Waals surface area (Å²) < 4.78 is 10.2. The van der Waals surface area contributed by atoms with Crippen LogP contribution < -0.4 is 5.32 Å². The molecule has 2 rings (SSSR count). The topological polar surface area (TPSA) is 64.6 Å². The van der Waals surface area contributed by atoms with E-state index in [1.54, 1.807) is 24.3 Å². The van der Waals surface area contributed by atoms with Crippen molar-refractivity contribution in [1.29, 1.82) is 0 Å². The van der Waals surface area contributed by atoms with Crippen LogP contribution in [-0.4, -0.2) is 37.7 Å². The molecule has 1 aliphatic rings. The summed E-state index contributed by atoms with van der Waals surface area (Å²) in [6, 6.07) is 7.06. The standard InChI is InChI=1S/C16H18ClNO4/c17-13-4-1-3-12(9-13)6-7-16(20)22-11-15(19)18-10-14-5-2-8-21-14/h1,3-4,6-7,9,14H,2,5,8,10-11H2,(H,18,19)/b7-6+/t14-/m1/s1. The quantitative estimate of drug-likeness (QED) is 0.644. The van der Waals surface area contributed by atoms with Crippen LogP contribution in [0.1, 0.15) is 18.4 Å². The highest BCUT2D eigenvalue weighted by Gasteiger charge is 2.16. The van der Waals surface area contributed by atoms with Crippen LogP contribution in [0.4, 0.5) is 0 Å². The molecule has 0 aliphatic carbocycles. The third kappa shape index (κ3) is 5.87. The molecule has 0 unspecified atom stereocenters. The lowest BCUT2D eigenvalue weighted by Crippen LogP contribution is -2.34. The highest BCUT2D eigenvalue weighted by Crippen LogP contribution is 2.12. The van der Waals surface area contributed by atoms with E-state index in [9.17, 15) is 9.59 Å². The van der Waals surface area contributed by atoms with Gasteiger partial charge >= 0.3 is 5.97 Å². The number of benzene rings is 1. The van der Waals surface area contributed by atoms with Crippen molar-refractivity contribution < 1.29 is 19.1 Å². The minimum Gasteiger partial charge on any atom is -0.452 e. The Bertz CT molecular complexity index is 553. The molecule has 1 aromatic rings. The molecule has 1 fully saturated rings. The van der Waals surface area contributed by atoms with Gasteiger partial charge in [-0.1, -0.05) is 23.7 Å². The van der Waals surface area contributed by atoms with E-state index in [-0.39, 0.29) is 18.6 Å². The van der Waals surface area contributed by atoms with E-state index in [4.69, 9.17) is 21.1 Å². The molecular weight excluding hydrogens is 306 g/mol. The molecule has 0 spiro atoms. The van der Waals surface area contributed by atoms with Crippen molar-refractivity contribution >= 4 is 29.6 Å². The first-order chi connectivity index (χ1) is 10.6. The van der Waals surface area contributed by atoms with Crippen LogP contribution in [0.5, 0.6) is 0 Å². The van der Waals surface area contributed by atoms with Gasteiger partial charge in [0.1, 0.15) is 0 Å².